The van der Waals surface area contributed by atoms with Crippen molar-refractivity contribution in [1.29, 1.82) is 0 Å². The molecule has 0 spiro atoms. The Hall–Kier alpha value is -1.56. The maximum absolute atomic E-state index is 2.37. The smallest absolute Gasteiger partial charge is 0.0250 e. The maximum atomic E-state index is 2.37. The molecule has 0 N–H and O–H groups in total. The van der Waals surface area contributed by atoms with Gasteiger partial charge in [0.2, 0.25) is 0 Å². The Bertz CT molecular complexity index is 481. The molecule has 0 aliphatic carbocycles. The topological polar surface area (TPSA) is 0 Å². The van der Waals surface area contributed by atoms with Gasteiger partial charge in [0, 0.05) is 0 Å². The second-order valence-electron chi connectivity index (χ2n) is 5.83. The summed E-state index contributed by atoms with van der Waals surface area (Å²) in [6.45, 7) is 6.88. The minimum Gasteiger partial charge on any atom is -0.0622 e. The first-order valence-corrected chi connectivity index (χ1v) is 7.24. The molecule has 0 nitrogen and oxygen atoms in total. The van der Waals surface area contributed by atoms with Gasteiger partial charge in [0.05, 0.1) is 0 Å². The fraction of sp³-hybridized carbons (Fsp3) is 0.368. The van der Waals surface area contributed by atoms with E-state index in [1.54, 1.807) is 0 Å². The van der Waals surface area contributed by atoms with E-state index in [-0.39, 0.29) is 0 Å². The van der Waals surface area contributed by atoms with E-state index >= 15 is 0 Å². The summed E-state index contributed by atoms with van der Waals surface area (Å²) in [5.41, 5.74) is 4.25. The molecule has 0 heteroatoms. The minimum atomic E-state index is 0.711. The van der Waals surface area contributed by atoms with E-state index in [2.05, 4.69) is 75.4 Å². The Kier molecular flexibility index (Phi) is 4.79. The Labute approximate surface area is 117 Å². The summed E-state index contributed by atoms with van der Waals surface area (Å²) < 4.78 is 0. The molecule has 2 atom stereocenters. The van der Waals surface area contributed by atoms with Crippen LogP contribution in [0.25, 0.3) is 0 Å². The number of hydrogen-bond acceptors (Lipinski definition) is 0. The molecule has 0 fully saturated rings. The quantitative estimate of drug-likeness (QED) is 0.698. The highest BCUT2D eigenvalue weighted by atomic mass is 14.2. The molecular weight excluding hydrogens is 228 g/mol. The summed E-state index contributed by atoms with van der Waals surface area (Å²) in [5.74, 6) is 1.42. The van der Waals surface area contributed by atoms with Gasteiger partial charge in [-0.2, -0.15) is 0 Å². The van der Waals surface area contributed by atoms with Gasteiger partial charge < -0.3 is 0 Å². The van der Waals surface area contributed by atoms with Crippen molar-refractivity contribution in [3.05, 3.63) is 71.3 Å². The van der Waals surface area contributed by atoms with E-state index in [1.165, 1.54) is 29.5 Å². The number of rotatable bonds is 5. The zero-order chi connectivity index (χ0) is 13.7. The fourth-order valence-corrected chi connectivity index (χ4v) is 2.48. The Balaban J connectivity index is 1.92. The van der Waals surface area contributed by atoms with Crippen LogP contribution in [0.15, 0.2) is 54.6 Å². The molecule has 0 saturated carbocycles. The number of hydrogen-bond donors (Lipinski definition) is 0. The third-order valence-corrected chi connectivity index (χ3v) is 4.05. The molecule has 0 bridgehead atoms. The van der Waals surface area contributed by atoms with Crippen LogP contribution in [0.3, 0.4) is 0 Å². The third kappa shape index (κ3) is 4.24. The second kappa shape index (κ2) is 6.56. The van der Waals surface area contributed by atoms with Crippen molar-refractivity contribution < 1.29 is 0 Å². The van der Waals surface area contributed by atoms with Crippen LogP contribution in [0.5, 0.6) is 0 Å². The molecule has 0 aliphatic heterocycles. The van der Waals surface area contributed by atoms with Gasteiger partial charge in [-0.1, -0.05) is 74.0 Å². The third-order valence-electron chi connectivity index (χ3n) is 4.05. The number of benzene rings is 2. The molecule has 0 heterocycles. The van der Waals surface area contributed by atoms with Crippen molar-refractivity contribution in [3.63, 3.8) is 0 Å². The Morgan fingerprint density at radius 3 is 1.68 bits per heavy atom. The first-order chi connectivity index (χ1) is 9.15. The first-order valence-electron chi connectivity index (χ1n) is 7.24. The average molecular weight is 252 g/mol. The molecule has 2 aromatic rings. The van der Waals surface area contributed by atoms with E-state index in [0.717, 1.165) is 0 Å². The molecule has 0 saturated heterocycles. The van der Waals surface area contributed by atoms with Gasteiger partial charge in [-0.15, -0.1) is 0 Å². The van der Waals surface area contributed by atoms with Gasteiger partial charge in [0.15, 0.2) is 0 Å². The van der Waals surface area contributed by atoms with Crippen molar-refractivity contribution in [3.8, 4) is 0 Å². The van der Waals surface area contributed by atoms with E-state index in [0.29, 0.717) is 11.8 Å². The van der Waals surface area contributed by atoms with Gasteiger partial charge in [0.25, 0.3) is 0 Å². The average Bonchev–Trinajstić information content (AvgIpc) is 2.42. The molecule has 0 aliphatic rings. The molecule has 19 heavy (non-hydrogen) atoms. The Morgan fingerprint density at radius 2 is 1.16 bits per heavy atom. The molecule has 2 unspecified atom stereocenters. The fourth-order valence-electron chi connectivity index (χ4n) is 2.48. The van der Waals surface area contributed by atoms with Crippen LogP contribution in [0.2, 0.25) is 0 Å². The van der Waals surface area contributed by atoms with Crippen LogP contribution >= 0.6 is 0 Å². The lowest BCUT2D eigenvalue weighted by Gasteiger charge is -2.20. The highest BCUT2D eigenvalue weighted by Gasteiger charge is 2.13. The molecule has 2 aromatic carbocycles. The summed E-state index contributed by atoms with van der Waals surface area (Å²) in [7, 11) is 0. The largest absolute Gasteiger partial charge is 0.0622 e. The Morgan fingerprint density at radius 1 is 0.684 bits per heavy atom. The molecule has 2 rings (SSSR count). The molecule has 100 valence electrons. The predicted molar refractivity (Wildman–Crippen MR) is 83.4 cm³/mol. The highest BCUT2D eigenvalue weighted by molar-refractivity contribution is 5.22. The van der Waals surface area contributed by atoms with Crippen molar-refractivity contribution in [2.45, 2.75) is 33.6 Å². The van der Waals surface area contributed by atoms with Crippen LogP contribution in [0, 0.1) is 18.8 Å². The zero-order valence-electron chi connectivity index (χ0n) is 12.3. The van der Waals surface area contributed by atoms with Crippen molar-refractivity contribution in [1.82, 2.24) is 0 Å². The van der Waals surface area contributed by atoms with E-state index in [9.17, 15) is 0 Å². The zero-order valence-corrected chi connectivity index (χ0v) is 12.3. The molecule has 0 aromatic heterocycles. The van der Waals surface area contributed by atoms with Crippen molar-refractivity contribution in [2.75, 3.05) is 0 Å². The summed E-state index contributed by atoms with van der Waals surface area (Å²) in [6.07, 6.45) is 2.35. The predicted octanol–water partition coefficient (Wildman–Crippen LogP) is 5.05. The van der Waals surface area contributed by atoms with Gasteiger partial charge in [-0.3, -0.25) is 0 Å². The number of aryl methyl sites for hydroxylation is 1. The minimum absolute atomic E-state index is 0.711. The van der Waals surface area contributed by atoms with E-state index < -0.39 is 0 Å². The van der Waals surface area contributed by atoms with Crippen molar-refractivity contribution in [2.24, 2.45) is 11.8 Å². The highest BCUT2D eigenvalue weighted by Crippen LogP contribution is 2.21. The molecular formula is C19H24. The molecule has 0 radical (unpaired) electrons. The van der Waals surface area contributed by atoms with Gasteiger partial charge in [-0.25, -0.2) is 0 Å². The standard InChI is InChI=1S/C19H24/c1-15-9-11-19(12-10-15)14-17(3)16(2)13-18-7-5-4-6-8-18/h4-12,16-17H,13-14H2,1-3H3. The van der Waals surface area contributed by atoms with E-state index in [4.69, 9.17) is 0 Å². The summed E-state index contributed by atoms with van der Waals surface area (Å²) in [5, 5.41) is 0. The van der Waals surface area contributed by atoms with Crippen molar-refractivity contribution >= 4 is 0 Å². The van der Waals surface area contributed by atoms with Crippen LogP contribution in [0.4, 0.5) is 0 Å². The monoisotopic (exact) mass is 252 g/mol. The SMILES string of the molecule is Cc1ccc(CC(C)C(C)Cc2ccccc2)cc1. The van der Waals surface area contributed by atoms with Crippen LogP contribution in [0.1, 0.15) is 30.5 Å². The van der Waals surface area contributed by atoms with E-state index in [1.807, 2.05) is 0 Å². The van der Waals surface area contributed by atoms with Crippen LogP contribution in [-0.4, -0.2) is 0 Å². The molecule has 0 amide bonds. The summed E-state index contributed by atoms with van der Waals surface area (Å²) in [6, 6.07) is 19.8. The van der Waals surface area contributed by atoms with Gasteiger partial charge in [0.1, 0.15) is 0 Å². The summed E-state index contributed by atoms with van der Waals surface area (Å²) >= 11 is 0. The van der Waals surface area contributed by atoms with Gasteiger partial charge in [-0.05, 0) is 42.7 Å². The van der Waals surface area contributed by atoms with Crippen LogP contribution < -0.4 is 0 Å². The lowest BCUT2D eigenvalue weighted by Crippen LogP contribution is -2.13. The lowest BCUT2D eigenvalue weighted by atomic mass is 9.85. The normalized spacial score (nSPS) is 14.1. The first kappa shape index (κ1) is 13.9. The lowest BCUT2D eigenvalue weighted by molar-refractivity contribution is 0.383. The second-order valence-corrected chi connectivity index (χ2v) is 5.83. The van der Waals surface area contributed by atoms with Crippen LogP contribution in [-0.2, 0) is 12.8 Å². The maximum Gasteiger partial charge on any atom is -0.0250 e. The summed E-state index contributed by atoms with van der Waals surface area (Å²) in [4.78, 5) is 0. The van der Waals surface area contributed by atoms with Gasteiger partial charge >= 0.3 is 0 Å².